The van der Waals surface area contributed by atoms with Gasteiger partial charge in [0, 0.05) is 24.7 Å². The summed E-state index contributed by atoms with van der Waals surface area (Å²) in [6, 6.07) is 0.888. The van der Waals surface area contributed by atoms with Crippen LogP contribution in [0.25, 0.3) is 0 Å². The molecule has 3 fully saturated rings. The Balaban J connectivity index is 1.58. The summed E-state index contributed by atoms with van der Waals surface area (Å²) in [6.45, 7) is 8.69. The lowest BCUT2D eigenvalue weighted by atomic mass is 9.69. The third-order valence-corrected chi connectivity index (χ3v) is 4.69. The molecule has 1 spiro atoms. The summed E-state index contributed by atoms with van der Waals surface area (Å²) in [4.78, 5) is 2.72. The first-order chi connectivity index (χ1) is 7.09. The average molecular weight is 208 g/mol. The quantitative estimate of drug-likeness (QED) is 0.709. The molecule has 15 heavy (non-hydrogen) atoms. The highest BCUT2D eigenvalue weighted by atomic mass is 15.2. The van der Waals surface area contributed by atoms with Crippen LogP contribution in [0.2, 0.25) is 0 Å². The second-order valence-electron chi connectivity index (χ2n) is 6.78. The predicted molar refractivity (Wildman–Crippen MR) is 63.0 cm³/mol. The van der Waals surface area contributed by atoms with Gasteiger partial charge in [-0.1, -0.05) is 13.8 Å². The van der Waals surface area contributed by atoms with Gasteiger partial charge in [0.05, 0.1) is 0 Å². The fraction of sp³-hybridized carbons (Fsp3) is 1.00. The maximum Gasteiger partial charge on any atom is 0.0196 e. The summed E-state index contributed by atoms with van der Waals surface area (Å²) in [7, 11) is 0. The molecule has 1 saturated carbocycles. The van der Waals surface area contributed by atoms with Crippen LogP contribution in [0.3, 0.4) is 0 Å². The summed E-state index contributed by atoms with van der Waals surface area (Å²) in [5.41, 5.74) is 1.17. The molecule has 1 atom stereocenters. The van der Waals surface area contributed by atoms with Crippen LogP contribution in [-0.4, -0.2) is 36.1 Å². The molecule has 0 aromatic carbocycles. The smallest absolute Gasteiger partial charge is 0.0196 e. The highest BCUT2D eigenvalue weighted by Gasteiger charge is 2.45. The predicted octanol–water partition coefficient (Wildman–Crippen LogP) is 2.00. The molecule has 3 aliphatic rings. The van der Waals surface area contributed by atoms with Gasteiger partial charge >= 0.3 is 0 Å². The Kier molecular flexibility index (Phi) is 2.16. The summed E-state index contributed by atoms with van der Waals surface area (Å²) in [6.07, 6.45) is 7.10. The van der Waals surface area contributed by atoms with Gasteiger partial charge < -0.3 is 5.32 Å². The summed E-state index contributed by atoms with van der Waals surface area (Å²) < 4.78 is 0. The number of rotatable bonds is 1. The number of hydrogen-bond donors (Lipinski definition) is 1. The summed E-state index contributed by atoms with van der Waals surface area (Å²) in [5.74, 6) is 0. The SMILES string of the molecule is CC1(C)CN(C2CCNC3(CCC3)C2)C1. The van der Waals surface area contributed by atoms with Crippen molar-refractivity contribution >= 4 is 0 Å². The maximum atomic E-state index is 3.76. The van der Waals surface area contributed by atoms with Crippen molar-refractivity contribution in [3.05, 3.63) is 0 Å². The normalized spacial score (nSPS) is 38.4. The van der Waals surface area contributed by atoms with Gasteiger partial charge in [0.15, 0.2) is 0 Å². The van der Waals surface area contributed by atoms with Gasteiger partial charge in [-0.25, -0.2) is 0 Å². The minimum absolute atomic E-state index is 0.572. The van der Waals surface area contributed by atoms with E-state index in [1.165, 1.54) is 51.7 Å². The largest absolute Gasteiger partial charge is 0.311 e. The van der Waals surface area contributed by atoms with E-state index < -0.39 is 0 Å². The van der Waals surface area contributed by atoms with Crippen molar-refractivity contribution in [3.63, 3.8) is 0 Å². The minimum atomic E-state index is 0.572. The summed E-state index contributed by atoms with van der Waals surface area (Å²) in [5, 5.41) is 3.76. The van der Waals surface area contributed by atoms with E-state index in [1.807, 2.05) is 0 Å². The van der Waals surface area contributed by atoms with E-state index in [9.17, 15) is 0 Å². The van der Waals surface area contributed by atoms with Crippen LogP contribution < -0.4 is 5.32 Å². The van der Waals surface area contributed by atoms with Crippen LogP contribution in [-0.2, 0) is 0 Å². The molecule has 0 aromatic heterocycles. The highest BCUT2D eigenvalue weighted by molar-refractivity contribution is 5.04. The molecular formula is C13H24N2. The number of likely N-dealkylation sites (tertiary alicyclic amines) is 1. The molecule has 2 nitrogen and oxygen atoms in total. The summed E-state index contributed by atoms with van der Waals surface area (Å²) >= 11 is 0. The Morgan fingerprint density at radius 3 is 2.47 bits per heavy atom. The lowest BCUT2D eigenvalue weighted by Gasteiger charge is -2.56. The van der Waals surface area contributed by atoms with Crippen molar-refractivity contribution in [2.24, 2.45) is 5.41 Å². The van der Waals surface area contributed by atoms with Gasteiger partial charge in [-0.2, -0.15) is 0 Å². The van der Waals surface area contributed by atoms with Crippen LogP contribution in [0, 0.1) is 5.41 Å². The minimum Gasteiger partial charge on any atom is -0.311 e. The van der Waals surface area contributed by atoms with E-state index in [4.69, 9.17) is 0 Å². The van der Waals surface area contributed by atoms with E-state index in [-0.39, 0.29) is 0 Å². The number of hydrogen-bond acceptors (Lipinski definition) is 2. The standard InChI is InChI=1S/C13H24N2/c1-12(2)9-15(10-12)11-4-7-14-13(8-11)5-3-6-13/h11,14H,3-10H2,1-2H3. The lowest BCUT2D eigenvalue weighted by molar-refractivity contribution is -0.0402. The van der Waals surface area contributed by atoms with Crippen molar-refractivity contribution in [2.75, 3.05) is 19.6 Å². The Labute approximate surface area is 93.4 Å². The Bertz CT molecular complexity index is 247. The monoisotopic (exact) mass is 208 g/mol. The van der Waals surface area contributed by atoms with E-state index >= 15 is 0 Å². The molecule has 0 bridgehead atoms. The molecule has 2 heteroatoms. The zero-order valence-electron chi connectivity index (χ0n) is 10.2. The first kappa shape index (κ1) is 10.1. The Morgan fingerprint density at radius 2 is 1.93 bits per heavy atom. The van der Waals surface area contributed by atoms with Gasteiger partial charge in [-0.15, -0.1) is 0 Å². The van der Waals surface area contributed by atoms with E-state index in [0.717, 1.165) is 6.04 Å². The second-order valence-corrected chi connectivity index (χ2v) is 6.78. The molecule has 2 aliphatic heterocycles. The molecule has 86 valence electrons. The first-order valence-electron chi connectivity index (χ1n) is 6.58. The average Bonchev–Trinajstić information content (AvgIpc) is 2.12. The van der Waals surface area contributed by atoms with Gasteiger partial charge in [0.2, 0.25) is 0 Å². The Morgan fingerprint density at radius 1 is 1.20 bits per heavy atom. The van der Waals surface area contributed by atoms with E-state index in [2.05, 4.69) is 24.1 Å². The zero-order chi connectivity index (χ0) is 10.5. The molecule has 0 amide bonds. The van der Waals surface area contributed by atoms with Gasteiger partial charge in [0.25, 0.3) is 0 Å². The third kappa shape index (κ3) is 1.72. The fourth-order valence-electron chi connectivity index (χ4n) is 3.74. The van der Waals surface area contributed by atoms with Crippen LogP contribution in [0.4, 0.5) is 0 Å². The molecule has 0 aromatic rings. The van der Waals surface area contributed by atoms with Gasteiger partial charge in [0.1, 0.15) is 0 Å². The molecular weight excluding hydrogens is 184 g/mol. The van der Waals surface area contributed by atoms with Crippen molar-refractivity contribution in [3.8, 4) is 0 Å². The maximum absolute atomic E-state index is 3.76. The lowest BCUT2D eigenvalue weighted by Crippen LogP contribution is -2.64. The van der Waals surface area contributed by atoms with E-state index in [1.54, 1.807) is 0 Å². The van der Waals surface area contributed by atoms with Crippen LogP contribution >= 0.6 is 0 Å². The molecule has 1 unspecified atom stereocenters. The van der Waals surface area contributed by atoms with Crippen molar-refractivity contribution in [1.29, 1.82) is 0 Å². The van der Waals surface area contributed by atoms with E-state index in [0.29, 0.717) is 11.0 Å². The van der Waals surface area contributed by atoms with Crippen LogP contribution in [0.5, 0.6) is 0 Å². The molecule has 3 rings (SSSR count). The Hall–Kier alpha value is -0.0800. The molecule has 2 saturated heterocycles. The van der Waals surface area contributed by atoms with Gasteiger partial charge in [-0.3, -0.25) is 4.90 Å². The number of nitrogens with zero attached hydrogens (tertiary/aromatic N) is 1. The molecule has 0 radical (unpaired) electrons. The van der Waals surface area contributed by atoms with Gasteiger partial charge in [-0.05, 0) is 44.1 Å². The zero-order valence-corrected chi connectivity index (χ0v) is 10.2. The number of nitrogens with one attached hydrogen (secondary N) is 1. The molecule has 1 aliphatic carbocycles. The topological polar surface area (TPSA) is 15.3 Å². The van der Waals surface area contributed by atoms with Crippen molar-refractivity contribution < 1.29 is 0 Å². The van der Waals surface area contributed by atoms with Crippen molar-refractivity contribution in [1.82, 2.24) is 10.2 Å². The third-order valence-electron chi connectivity index (χ3n) is 4.69. The second kappa shape index (κ2) is 3.21. The van der Waals surface area contributed by atoms with Crippen LogP contribution in [0.15, 0.2) is 0 Å². The van der Waals surface area contributed by atoms with Crippen LogP contribution in [0.1, 0.15) is 46.0 Å². The highest BCUT2D eigenvalue weighted by Crippen LogP contribution is 2.42. The fourth-order valence-corrected chi connectivity index (χ4v) is 3.74. The first-order valence-corrected chi connectivity index (χ1v) is 6.58. The molecule has 2 heterocycles. The molecule has 1 N–H and O–H groups in total. The van der Waals surface area contributed by atoms with Crippen molar-refractivity contribution in [2.45, 2.75) is 57.5 Å². The number of piperidine rings is 1.